The fourth-order valence-corrected chi connectivity index (χ4v) is 3.20. The predicted octanol–water partition coefficient (Wildman–Crippen LogP) is 3.10. The molecular formula is C19H33Cl2NO3. The van der Waals surface area contributed by atoms with E-state index in [1.807, 2.05) is 0 Å². The van der Waals surface area contributed by atoms with Crippen molar-refractivity contribution < 1.29 is 19.5 Å². The molecule has 25 heavy (non-hydrogen) atoms. The van der Waals surface area contributed by atoms with Gasteiger partial charge in [-0.1, -0.05) is 51.1 Å². The van der Waals surface area contributed by atoms with Crippen LogP contribution in [0.2, 0.25) is 0 Å². The maximum atomic E-state index is 10.1. The zero-order chi connectivity index (χ0) is 18.4. The number of alkyl halides is 1. The van der Waals surface area contributed by atoms with Crippen LogP contribution in [-0.2, 0) is 0 Å². The van der Waals surface area contributed by atoms with Crippen molar-refractivity contribution in [1.82, 2.24) is 0 Å². The fraction of sp³-hybridized carbons (Fsp3) is 0.632. The molecule has 0 bridgehead atoms. The van der Waals surface area contributed by atoms with Crippen LogP contribution in [0.25, 0.3) is 0 Å². The summed E-state index contributed by atoms with van der Waals surface area (Å²) in [4.78, 5) is 10.1. The monoisotopic (exact) mass is 393 g/mol. The van der Waals surface area contributed by atoms with Crippen molar-refractivity contribution >= 4 is 30.0 Å². The highest BCUT2D eigenvalue weighted by Crippen LogP contribution is 2.13. The van der Waals surface area contributed by atoms with Crippen molar-refractivity contribution in [3.8, 4) is 0 Å². The van der Waals surface area contributed by atoms with Crippen LogP contribution in [0.1, 0.15) is 50.4 Å². The maximum absolute atomic E-state index is 10.1. The Balaban J connectivity index is 0. The molecule has 1 aromatic carbocycles. The number of carboxylic acids is 1. The standard InChI is InChI=1S/C12H27ClNO.C7H6O2.ClH/c1-4-7-14(8-5-2,9-6-3)11-12(15)10-13;8-7(9)6-4-2-1-3-5-6;/h12,15H,4-11H2,1-3H3;1-5H,(H,8,9);1H/q+1;;/p-1. The number of hydrogen-bond acceptors (Lipinski definition) is 3. The first-order chi connectivity index (χ1) is 11.4. The van der Waals surface area contributed by atoms with Gasteiger partial charge < -0.3 is 19.5 Å². The van der Waals surface area contributed by atoms with E-state index in [4.69, 9.17) is 11.6 Å². The Morgan fingerprint density at radius 2 is 1.52 bits per heavy atom. The molecular weight excluding hydrogens is 361 g/mol. The third-order valence-corrected chi connectivity index (χ3v) is 4.24. The van der Waals surface area contributed by atoms with Gasteiger partial charge in [0.25, 0.3) is 0 Å². The molecule has 6 heteroatoms. The van der Waals surface area contributed by atoms with E-state index < -0.39 is 5.97 Å². The molecule has 1 aromatic rings. The highest BCUT2D eigenvalue weighted by atomic mass is 35.5. The number of benzene rings is 1. The first kappa shape index (κ1) is 26.4. The molecule has 0 aromatic heterocycles. The average molecular weight is 394 g/mol. The fourth-order valence-electron chi connectivity index (χ4n) is 3.10. The largest absolute Gasteiger partial charge is 0.545 e. The van der Waals surface area contributed by atoms with Crippen molar-refractivity contribution in [1.29, 1.82) is 0 Å². The maximum Gasteiger partial charge on any atom is 0.116 e. The summed E-state index contributed by atoms with van der Waals surface area (Å²) in [6.45, 7) is 10.9. The molecule has 0 heterocycles. The number of carbonyl (C=O) groups excluding carboxylic acids is 1. The Bertz CT molecular complexity index is 427. The number of halogens is 2. The van der Waals surface area contributed by atoms with Crippen molar-refractivity contribution in [3.05, 3.63) is 35.9 Å². The SMILES string of the molecule is CCC[N+](CCC)(CCC)CC(O)CCl.Cl.O=C([O-])c1ccccc1. The lowest BCUT2D eigenvalue weighted by Crippen LogP contribution is -2.54. The number of hydrogen-bond donors (Lipinski definition) is 1. The summed E-state index contributed by atoms with van der Waals surface area (Å²) in [5, 5.41) is 19.8. The van der Waals surface area contributed by atoms with Gasteiger partial charge in [-0.3, -0.25) is 0 Å². The van der Waals surface area contributed by atoms with E-state index in [0.717, 1.165) is 30.7 Å². The highest BCUT2D eigenvalue weighted by Gasteiger charge is 2.27. The molecule has 0 aliphatic heterocycles. The Kier molecular flexibility index (Phi) is 16.3. The number of aliphatic hydroxyl groups is 1. The molecule has 0 aliphatic carbocycles. The zero-order valence-electron chi connectivity index (χ0n) is 15.6. The summed E-state index contributed by atoms with van der Waals surface area (Å²) in [7, 11) is 0. The minimum Gasteiger partial charge on any atom is -0.545 e. The van der Waals surface area contributed by atoms with Crippen LogP contribution >= 0.6 is 24.0 Å². The van der Waals surface area contributed by atoms with Gasteiger partial charge in [-0.25, -0.2) is 0 Å². The second kappa shape index (κ2) is 15.4. The number of quaternary nitrogens is 1. The van der Waals surface area contributed by atoms with Crippen LogP contribution in [-0.4, -0.2) is 53.7 Å². The lowest BCUT2D eigenvalue weighted by atomic mass is 10.2. The van der Waals surface area contributed by atoms with E-state index in [-0.39, 0.29) is 24.1 Å². The quantitative estimate of drug-likeness (QED) is 0.490. The lowest BCUT2D eigenvalue weighted by molar-refractivity contribution is -0.930. The predicted molar refractivity (Wildman–Crippen MR) is 105 cm³/mol. The molecule has 0 aliphatic rings. The van der Waals surface area contributed by atoms with Gasteiger partial charge in [0.15, 0.2) is 0 Å². The Labute approximate surface area is 163 Å². The van der Waals surface area contributed by atoms with E-state index in [1.54, 1.807) is 18.2 Å². The minimum absolute atomic E-state index is 0. The van der Waals surface area contributed by atoms with Crippen LogP contribution in [0.4, 0.5) is 0 Å². The molecule has 0 saturated heterocycles. The molecule has 146 valence electrons. The normalized spacial score (nSPS) is 11.7. The number of carbonyl (C=O) groups is 1. The molecule has 0 saturated carbocycles. The summed E-state index contributed by atoms with van der Waals surface area (Å²) in [6.07, 6.45) is 3.18. The smallest absolute Gasteiger partial charge is 0.116 e. The molecule has 0 amide bonds. The van der Waals surface area contributed by atoms with Crippen LogP contribution in [0.5, 0.6) is 0 Å². The summed E-state index contributed by atoms with van der Waals surface area (Å²) >= 11 is 5.70. The molecule has 1 N–H and O–H groups in total. The molecule has 1 atom stereocenters. The Morgan fingerprint density at radius 3 is 1.80 bits per heavy atom. The lowest BCUT2D eigenvalue weighted by Gasteiger charge is -2.39. The first-order valence-electron chi connectivity index (χ1n) is 8.80. The molecule has 1 rings (SSSR count). The summed E-state index contributed by atoms with van der Waals surface area (Å²) in [5.74, 6) is -0.771. The van der Waals surface area contributed by atoms with Crippen molar-refractivity contribution in [3.63, 3.8) is 0 Å². The van der Waals surface area contributed by atoms with Crippen LogP contribution in [0, 0.1) is 0 Å². The number of aliphatic hydroxyl groups excluding tert-OH is 1. The zero-order valence-corrected chi connectivity index (χ0v) is 17.2. The van der Waals surface area contributed by atoms with Crippen molar-refractivity contribution in [2.75, 3.05) is 32.1 Å². The third kappa shape index (κ3) is 11.4. The van der Waals surface area contributed by atoms with Crippen molar-refractivity contribution in [2.24, 2.45) is 0 Å². The highest BCUT2D eigenvalue weighted by molar-refractivity contribution is 6.18. The van der Waals surface area contributed by atoms with E-state index in [1.165, 1.54) is 31.4 Å². The van der Waals surface area contributed by atoms with Gasteiger partial charge in [0, 0.05) is 0 Å². The van der Waals surface area contributed by atoms with E-state index in [0.29, 0.717) is 5.88 Å². The molecule has 0 radical (unpaired) electrons. The first-order valence-corrected chi connectivity index (χ1v) is 9.33. The minimum atomic E-state index is -1.13. The average Bonchev–Trinajstić information content (AvgIpc) is 2.57. The van der Waals surface area contributed by atoms with Crippen molar-refractivity contribution in [2.45, 2.75) is 46.1 Å². The van der Waals surface area contributed by atoms with Gasteiger partial charge in [0.2, 0.25) is 0 Å². The van der Waals surface area contributed by atoms with Gasteiger partial charge >= 0.3 is 0 Å². The van der Waals surface area contributed by atoms with Crippen LogP contribution < -0.4 is 5.11 Å². The second-order valence-corrected chi connectivity index (χ2v) is 6.47. The van der Waals surface area contributed by atoms with Crippen LogP contribution in [0.3, 0.4) is 0 Å². The van der Waals surface area contributed by atoms with Gasteiger partial charge in [-0.05, 0) is 24.8 Å². The molecule has 0 fully saturated rings. The van der Waals surface area contributed by atoms with Crippen LogP contribution in [0.15, 0.2) is 30.3 Å². The number of rotatable bonds is 10. The van der Waals surface area contributed by atoms with Gasteiger partial charge in [0.1, 0.15) is 12.6 Å². The Hall–Kier alpha value is -0.810. The topological polar surface area (TPSA) is 60.4 Å². The molecule has 4 nitrogen and oxygen atoms in total. The number of aromatic carboxylic acids is 1. The van der Waals surface area contributed by atoms with Gasteiger partial charge in [-0.2, -0.15) is 0 Å². The molecule has 0 spiro atoms. The number of nitrogens with zero attached hydrogens (tertiary/aromatic N) is 1. The van der Waals surface area contributed by atoms with Gasteiger partial charge in [0.05, 0.1) is 31.5 Å². The molecule has 1 unspecified atom stereocenters. The number of carboxylic acid groups (broad SMARTS) is 1. The van der Waals surface area contributed by atoms with E-state index in [9.17, 15) is 15.0 Å². The van der Waals surface area contributed by atoms with Gasteiger partial charge in [-0.15, -0.1) is 24.0 Å². The summed E-state index contributed by atoms with van der Waals surface area (Å²) in [6, 6.07) is 8.06. The summed E-state index contributed by atoms with van der Waals surface area (Å²) < 4.78 is 1.04. The summed E-state index contributed by atoms with van der Waals surface area (Å²) in [5.41, 5.74) is 0.220. The third-order valence-electron chi connectivity index (χ3n) is 3.88. The van der Waals surface area contributed by atoms with E-state index in [2.05, 4.69) is 20.8 Å². The van der Waals surface area contributed by atoms with E-state index >= 15 is 0 Å². The second-order valence-electron chi connectivity index (χ2n) is 6.16. The Morgan fingerprint density at radius 1 is 1.08 bits per heavy atom.